The van der Waals surface area contributed by atoms with E-state index in [0.29, 0.717) is 48.8 Å². The molecule has 7 nitrogen and oxygen atoms in total. The number of carbonyl (C=O) groups is 2. The van der Waals surface area contributed by atoms with Crippen molar-refractivity contribution in [3.05, 3.63) is 83.2 Å². The molecule has 1 amide bonds. The molecule has 0 aliphatic carbocycles. The summed E-state index contributed by atoms with van der Waals surface area (Å²) in [6.45, 7) is 9.31. The van der Waals surface area contributed by atoms with E-state index in [-0.39, 0.29) is 17.9 Å². The molecule has 0 spiro atoms. The Labute approximate surface area is 204 Å². The number of nitrogens with zero attached hydrogens (tertiary/aromatic N) is 2. The van der Waals surface area contributed by atoms with Gasteiger partial charge in [-0.15, -0.1) is 0 Å². The van der Waals surface area contributed by atoms with Crippen LogP contribution in [0, 0.1) is 12.7 Å². The van der Waals surface area contributed by atoms with Crippen LogP contribution in [0.1, 0.15) is 22.7 Å². The Bertz CT molecular complexity index is 1140. The molecular formula is C27H29FN2O5. The van der Waals surface area contributed by atoms with Crippen LogP contribution in [-0.2, 0) is 14.3 Å². The van der Waals surface area contributed by atoms with Crippen LogP contribution in [0.3, 0.4) is 0 Å². The van der Waals surface area contributed by atoms with Gasteiger partial charge in [-0.05, 0) is 48.4 Å². The zero-order valence-corrected chi connectivity index (χ0v) is 19.7. The molecule has 0 aromatic heterocycles. The summed E-state index contributed by atoms with van der Waals surface area (Å²) in [4.78, 5) is 29.9. The molecule has 184 valence electrons. The molecule has 2 aromatic carbocycles. The van der Waals surface area contributed by atoms with Crippen molar-refractivity contribution in [2.24, 2.45) is 0 Å². The number of rotatable bonds is 8. The fourth-order valence-electron chi connectivity index (χ4n) is 4.47. The van der Waals surface area contributed by atoms with E-state index in [0.717, 1.165) is 13.1 Å². The first-order valence-electron chi connectivity index (χ1n) is 11.6. The van der Waals surface area contributed by atoms with Crippen LogP contribution in [0.2, 0.25) is 0 Å². The van der Waals surface area contributed by atoms with E-state index < -0.39 is 23.5 Å². The topological polar surface area (TPSA) is 79.3 Å². The number of carbonyl (C=O) groups excluding carboxylic acids is 2. The van der Waals surface area contributed by atoms with Crippen LogP contribution in [0.4, 0.5) is 4.39 Å². The van der Waals surface area contributed by atoms with Crippen molar-refractivity contribution < 1.29 is 28.6 Å². The minimum absolute atomic E-state index is 0.00792. The summed E-state index contributed by atoms with van der Waals surface area (Å²) in [5.41, 5.74) is 1.65. The van der Waals surface area contributed by atoms with Crippen molar-refractivity contribution >= 4 is 17.4 Å². The first kappa shape index (κ1) is 24.6. The van der Waals surface area contributed by atoms with Gasteiger partial charge in [-0.3, -0.25) is 14.5 Å². The number of hydrogen-bond acceptors (Lipinski definition) is 6. The molecule has 2 aliphatic rings. The second-order valence-electron chi connectivity index (χ2n) is 8.57. The zero-order valence-electron chi connectivity index (χ0n) is 19.7. The lowest BCUT2D eigenvalue weighted by molar-refractivity contribution is -0.140. The van der Waals surface area contributed by atoms with Crippen molar-refractivity contribution in [3.63, 3.8) is 0 Å². The summed E-state index contributed by atoms with van der Waals surface area (Å²) in [7, 11) is 0. The lowest BCUT2D eigenvalue weighted by Crippen LogP contribution is -2.42. The monoisotopic (exact) mass is 480 g/mol. The van der Waals surface area contributed by atoms with Gasteiger partial charge in [0.15, 0.2) is 0 Å². The smallest absolute Gasteiger partial charge is 0.295 e. The second kappa shape index (κ2) is 10.8. The molecule has 0 saturated carbocycles. The van der Waals surface area contributed by atoms with Crippen molar-refractivity contribution in [1.29, 1.82) is 0 Å². The van der Waals surface area contributed by atoms with Gasteiger partial charge in [-0.25, -0.2) is 4.39 Å². The number of benzene rings is 2. The normalized spacial score (nSPS) is 20.3. The third-order valence-corrected chi connectivity index (χ3v) is 6.31. The van der Waals surface area contributed by atoms with Gasteiger partial charge in [0.2, 0.25) is 0 Å². The van der Waals surface area contributed by atoms with E-state index in [1.165, 1.54) is 17.0 Å². The van der Waals surface area contributed by atoms with Gasteiger partial charge in [0.25, 0.3) is 11.7 Å². The molecule has 2 fully saturated rings. The van der Waals surface area contributed by atoms with Crippen LogP contribution in [0.5, 0.6) is 5.75 Å². The Morgan fingerprint density at radius 3 is 2.54 bits per heavy atom. The van der Waals surface area contributed by atoms with Crippen molar-refractivity contribution in [1.82, 2.24) is 9.80 Å². The number of halogens is 1. The molecule has 2 heterocycles. The Hall–Kier alpha value is -3.49. The van der Waals surface area contributed by atoms with E-state index in [4.69, 9.17) is 9.47 Å². The van der Waals surface area contributed by atoms with E-state index in [1.807, 2.05) is 0 Å². The maximum Gasteiger partial charge on any atom is 0.295 e. The number of ether oxygens (including phenoxy) is 2. The predicted octanol–water partition coefficient (Wildman–Crippen LogP) is 3.45. The highest BCUT2D eigenvalue weighted by Gasteiger charge is 2.46. The minimum atomic E-state index is -0.826. The standard InChI is InChI=1S/C27H29FN2O5/c1-3-14-35-21-8-9-22(18(2)17-21)25(31)23-24(19-4-6-20(28)7-5-19)30(27(33)26(23)32)11-10-29-12-15-34-16-13-29/h3-9,17,24,31H,1,10-16H2,2H3/b25-23+. The van der Waals surface area contributed by atoms with Gasteiger partial charge in [-0.1, -0.05) is 24.8 Å². The molecule has 1 N–H and O–H groups in total. The van der Waals surface area contributed by atoms with E-state index in [2.05, 4.69) is 11.5 Å². The van der Waals surface area contributed by atoms with Gasteiger partial charge in [0.1, 0.15) is 23.9 Å². The average Bonchev–Trinajstić information content (AvgIpc) is 3.12. The largest absolute Gasteiger partial charge is 0.507 e. The van der Waals surface area contributed by atoms with E-state index >= 15 is 0 Å². The molecule has 0 bridgehead atoms. The van der Waals surface area contributed by atoms with Crippen LogP contribution in [-0.4, -0.2) is 72.6 Å². The maximum absolute atomic E-state index is 13.7. The predicted molar refractivity (Wildman–Crippen MR) is 130 cm³/mol. The van der Waals surface area contributed by atoms with Gasteiger partial charge in [0, 0.05) is 31.7 Å². The molecule has 4 rings (SSSR count). The number of amides is 1. The quantitative estimate of drug-likeness (QED) is 0.270. The van der Waals surface area contributed by atoms with Crippen molar-refractivity contribution in [2.75, 3.05) is 46.0 Å². The number of aliphatic hydroxyl groups is 1. The highest BCUT2D eigenvalue weighted by Crippen LogP contribution is 2.40. The third-order valence-electron chi connectivity index (χ3n) is 6.31. The molecular weight excluding hydrogens is 451 g/mol. The highest BCUT2D eigenvalue weighted by atomic mass is 19.1. The van der Waals surface area contributed by atoms with Crippen LogP contribution < -0.4 is 4.74 Å². The number of likely N-dealkylation sites (tertiary alicyclic amines) is 1. The molecule has 1 atom stereocenters. The summed E-state index contributed by atoms with van der Waals surface area (Å²) in [5.74, 6) is -1.53. The fourth-order valence-corrected chi connectivity index (χ4v) is 4.47. The second-order valence-corrected chi connectivity index (χ2v) is 8.57. The van der Waals surface area contributed by atoms with E-state index in [1.54, 1.807) is 43.3 Å². The van der Waals surface area contributed by atoms with Crippen LogP contribution >= 0.6 is 0 Å². The number of ketones is 1. The summed E-state index contributed by atoms with van der Waals surface area (Å²) < 4.78 is 24.6. The van der Waals surface area contributed by atoms with Crippen LogP contribution in [0.25, 0.3) is 5.76 Å². The Morgan fingerprint density at radius 2 is 1.89 bits per heavy atom. The van der Waals surface area contributed by atoms with Gasteiger partial charge in [-0.2, -0.15) is 0 Å². The van der Waals surface area contributed by atoms with E-state index in [9.17, 15) is 19.1 Å². The summed E-state index contributed by atoms with van der Waals surface area (Å²) >= 11 is 0. The Balaban J connectivity index is 1.72. The molecule has 1 unspecified atom stereocenters. The van der Waals surface area contributed by atoms with Gasteiger partial charge >= 0.3 is 0 Å². The molecule has 35 heavy (non-hydrogen) atoms. The minimum Gasteiger partial charge on any atom is -0.507 e. The highest BCUT2D eigenvalue weighted by molar-refractivity contribution is 6.46. The Morgan fingerprint density at radius 1 is 1.17 bits per heavy atom. The third kappa shape index (κ3) is 5.28. The summed E-state index contributed by atoms with van der Waals surface area (Å²) in [5, 5.41) is 11.3. The Kier molecular flexibility index (Phi) is 7.63. The lowest BCUT2D eigenvalue weighted by Gasteiger charge is -2.31. The lowest BCUT2D eigenvalue weighted by atomic mass is 9.94. The SMILES string of the molecule is C=CCOc1ccc(/C(O)=C2\C(=O)C(=O)N(CCN3CCOCC3)C2c2ccc(F)cc2)c(C)c1. The van der Waals surface area contributed by atoms with Crippen molar-refractivity contribution in [3.8, 4) is 5.75 Å². The molecule has 0 radical (unpaired) electrons. The van der Waals surface area contributed by atoms with Gasteiger partial charge in [0.05, 0.1) is 24.8 Å². The molecule has 2 aromatic rings. The molecule has 8 heteroatoms. The zero-order chi connectivity index (χ0) is 24.9. The number of aliphatic hydroxyl groups excluding tert-OH is 1. The average molecular weight is 481 g/mol. The molecule has 2 aliphatic heterocycles. The van der Waals surface area contributed by atoms with Crippen LogP contribution in [0.15, 0.2) is 60.7 Å². The van der Waals surface area contributed by atoms with Gasteiger partial charge < -0.3 is 19.5 Å². The number of aryl methyl sites for hydroxylation is 1. The first-order valence-corrected chi connectivity index (χ1v) is 11.6. The number of hydrogen-bond donors (Lipinski definition) is 1. The summed E-state index contributed by atoms with van der Waals surface area (Å²) in [6, 6.07) is 9.93. The summed E-state index contributed by atoms with van der Waals surface area (Å²) in [6.07, 6.45) is 1.63. The van der Waals surface area contributed by atoms with Crippen molar-refractivity contribution in [2.45, 2.75) is 13.0 Å². The maximum atomic E-state index is 13.7. The first-order chi connectivity index (χ1) is 16.9. The fraction of sp³-hybridized carbons (Fsp3) is 0.333. The molecule has 2 saturated heterocycles. The number of morpholine rings is 1. The number of Topliss-reactive ketones (excluding diaryl/α,β-unsaturated/α-hetero) is 1.